The van der Waals surface area contributed by atoms with Gasteiger partial charge >= 0.3 is 6.09 Å². The monoisotopic (exact) mass is 340 g/mol. The molecule has 0 aromatic heterocycles. The van der Waals surface area contributed by atoms with Crippen LogP contribution in [0.1, 0.15) is 26.3 Å². The van der Waals surface area contributed by atoms with E-state index in [1.165, 1.54) is 0 Å². The molecule has 1 aromatic rings. The second kappa shape index (κ2) is 7.51. The van der Waals surface area contributed by atoms with Gasteiger partial charge in [-0.05, 0) is 44.9 Å². The summed E-state index contributed by atoms with van der Waals surface area (Å²) in [5, 5.41) is 0.693. The second-order valence-electron chi connectivity index (χ2n) is 6.81. The number of nitrogens with two attached hydrogens (primary N) is 1. The maximum absolute atomic E-state index is 12.4. The van der Waals surface area contributed by atoms with Crippen LogP contribution in [-0.4, -0.2) is 48.4 Å². The van der Waals surface area contributed by atoms with Crippen LogP contribution in [0, 0.1) is 0 Å². The average Bonchev–Trinajstić information content (AvgIpc) is 2.48. The van der Waals surface area contributed by atoms with Gasteiger partial charge < -0.3 is 15.2 Å². The predicted octanol–water partition coefficient (Wildman–Crippen LogP) is 2.85. The van der Waals surface area contributed by atoms with E-state index in [1.54, 1.807) is 4.90 Å². The number of carbonyl (C=O) groups is 1. The summed E-state index contributed by atoms with van der Waals surface area (Å²) in [7, 11) is 0. The molecule has 1 saturated heterocycles. The van der Waals surface area contributed by atoms with E-state index in [9.17, 15) is 4.79 Å². The van der Waals surface area contributed by atoms with Gasteiger partial charge in [0.05, 0.1) is 19.3 Å². The van der Waals surface area contributed by atoms with Crippen LogP contribution in [0.25, 0.3) is 0 Å². The standard InChI is InChI=1S/C17H25ClN2O3/c1-17(2,3)23-16(21)20-8-9-22-11-15(20)14(19)10-12-4-6-13(18)7-5-12/h4-7,14-15H,8-11,19H2,1-3H3. The first kappa shape index (κ1) is 18.0. The highest BCUT2D eigenvalue weighted by molar-refractivity contribution is 6.30. The molecule has 6 heteroatoms. The molecule has 1 heterocycles. The van der Waals surface area contributed by atoms with Crippen LogP contribution in [0.5, 0.6) is 0 Å². The number of hydrogen-bond acceptors (Lipinski definition) is 4. The quantitative estimate of drug-likeness (QED) is 0.919. The van der Waals surface area contributed by atoms with Crippen molar-refractivity contribution >= 4 is 17.7 Å². The minimum Gasteiger partial charge on any atom is -0.444 e. The van der Waals surface area contributed by atoms with Crippen LogP contribution in [0.2, 0.25) is 5.02 Å². The molecule has 128 valence electrons. The van der Waals surface area contributed by atoms with Crippen molar-refractivity contribution in [3.8, 4) is 0 Å². The molecule has 2 unspecified atom stereocenters. The number of nitrogens with zero attached hydrogens (tertiary/aromatic N) is 1. The number of amides is 1. The number of rotatable bonds is 3. The Morgan fingerprint density at radius 3 is 2.70 bits per heavy atom. The molecular weight excluding hydrogens is 316 g/mol. The number of ether oxygens (including phenoxy) is 2. The predicted molar refractivity (Wildman–Crippen MR) is 90.7 cm³/mol. The SMILES string of the molecule is CC(C)(C)OC(=O)N1CCOCC1C(N)Cc1ccc(Cl)cc1. The fraction of sp³-hybridized carbons (Fsp3) is 0.588. The summed E-state index contributed by atoms with van der Waals surface area (Å²) in [4.78, 5) is 14.1. The van der Waals surface area contributed by atoms with E-state index in [0.29, 0.717) is 31.2 Å². The van der Waals surface area contributed by atoms with Crippen LogP contribution in [-0.2, 0) is 15.9 Å². The lowest BCUT2D eigenvalue weighted by Gasteiger charge is -2.39. The summed E-state index contributed by atoms with van der Waals surface area (Å²) in [5.74, 6) is 0. The third kappa shape index (κ3) is 5.37. The van der Waals surface area contributed by atoms with E-state index in [0.717, 1.165) is 5.56 Å². The molecule has 23 heavy (non-hydrogen) atoms. The minimum atomic E-state index is -0.528. The maximum atomic E-state index is 12.4. The fourth-order valence-electron chi connectivity index (χ4n) is 2.55. The highest BCUT2D eigenvalue weighted by Gasteiger charge is 2.34. The molecule has 0 radical (unpaired) electrons. The van der Waals surface area contributed by atoms with Gasteiger partial charge in [0, 0.05) is 17.6 Å². The molecule has 1 aliphatic heterocycles. The molecule has 1 aliphatic rings. The van der Waals surface area contributed by atoms with Crippen molar-refractivity contribution in [3.63, 3.8) is 0 Å². The van der Waals surface area contributed by atoms with E-state index in [2.05, 4.69) is 0 Å². The van der Waals surface area contributed by atoms with E-state index >= 15 is 0 Å². The Morgan fingerprint density at radius 1 is 1.43 bits per heavy atom. The maximum Gasteiger partial charge on any atom is 0.410 e. The first-order valence-electron chi connectivity index (χ1n) is 7.83. The largest absolute Gasteiger partial charge is 0.444 e. The number of carbonyl (C=O) groups excluding carboxylic acids is 1. The second-order valence-corrected chi connectivity index (χ2v) is 7.25. The van der Waals surface area contributed by atoms with E-state index in [-0.39, 0.29) is 18.2 Å². The van der Waals surface area contributed by atoms with Gasteiger partial charge in [0.1, 0.15) is 5.60 Å². The number of halogens is 1. The van der Waals surface area contributed by atoms with E-state index in [4.69, 9.17) is 26.8 Å². The van der Waals surface area contributed by atoms with Crippen molar-refractivity contribution in [1.82, 2.24) is 4.90 Å². The summed E-state index contributed by atoms with van der Waals surface area (Å²) in [5.41, 5.74) is 6.90. The van der Waals surface area contributed by atoms with Crippen LogP contribution in [0.3, 0.4) is 0 Å². The van der Waals surface area contributed by atoms with Gasteiger partial charge in [-0.25, -0.2) is 4.79 Å². The van der Waals surface area contributed by atoms with E-state index < -0.39 is 5.60 Å². The molecule has 0 bridgehead atoms. The fourth-order valence-corrected chi connectivity index (χ4v) is 2.68. The van der Waals surface area contributed by atoms with Gasteiger partial charge in [0.2, 0.25) is 0 Å². The Kier molecular flexibility index (Phi) is 5.89. The Bertz CT molecular complexity index is 528. The lowest BCUT2D eigenvalue weighted by atomic mass is 9.99. The molecular formula is C17H25ClN2O3. The van der Waals surface area contributed by atoms with Gasteiger partial charge in [-0.15, -0.1) is 0 Å². The first-order valence-corrected chi connectivity index (χ1v) is 8.21. The van der Waals surface area contributed by atoms with Crippen LogP contribution >= 0.6 is 11.6 Å². The zero-order chi connectivity index (χ0) is 17.0. The summed E-state index contributed by atoms with van der Waals surface area (Å²) < 4.78 is 11.0. The van der Waals surface area contributed by atoms with E-state index in [1.807, 2.05) is 45.0 Å². The van der Waals surface area contributed by atoms with Crippen LogP contribution in [0.4, 0.5) is 4.79 Å². The Morgan fingerprint density at radius 2 is 2.09 bits per heavy atom. The lowest BCUT2D eigenvalue weighted by molar-refractivity contribution is -0.0378. The van der Waals surface area contributed by atoms with Crippen molar-refractivity contribution in [3.05, 3.63) is 34.9 Å². The lowest BCUT2D eigenvalue weighted by Crippen LogP contribution is -2.58. The molecule has 1 amide bonds. The molecule has 0 aliphatic carbocycles. The molecule has 1 fully saturated rings. The summed E-state index contributed by atoms with van der Waals surface area (Å²) in [6, 6.07) is 7.14. The molecule has 0 saturated carbocycles. The molecule has 1 aromatic carbocycles. The van der Waals surface area contributed by atoms with Crippen LogP contribution in [0.15, 0.2) is 24.3 Å². The van der Waals surface area contributed by atoms with Crippen molar-refractivity contribution in [2.75, 3.05) is 19.8 Å². The highest BCUT2D eigenvalue weighted by atomic mass is 35.5. The number of benzene rings is 1. The van der Waals surface area contributed by atoms with Crippen molar-refractivity contribution in [1.29, 1.82) is 0 Å². The molecule has 5 nitrogen and oxygen atoms in total. The third-order valence-electron chi connectivity index (χ3n) is 3.67. The summed E-state index contributed by atoms with van der Waals surface area (Å²) >= 11 is 5.90. The van der Waals surface area contributed by atoms with Crippen molar-refractivity contribution in [2.24, 2.45) is 5.73 Å². The van der Waals surface area contributed by atoms with Gasteiger partial charge in [-0.2, -0.15) is 0 Å². The zero-order valence-corrected chi connectivity index (χ0v) is 14.7. The Balaban J connectivity index is 2.04. The topological polar surface area (TPSA) is 64.8 Å². The van der Waals surface area contributed by atoms with Crippen LogP contribution < -0.4 is 5.73 Å². The van der Waals surface area contributed by atoms with Gasteiger partial charge in [0.15, 0.2) is 0 Å². The molecule has 0 spiro atoms. The van der Waals surface area contributed by atoms with Gasteiger partial charge in [0.25, 0.3) is 0 Å². The highest BCUT2D eigenvalue weighted by Crippen LogP contribution is 2.18. The van der Waals surface area contributed by atoms with Crippen molar-refractivity contribution in [2.45, 2.75) is 44.9 Å². The van der Waals surface area contributed by atoms with Gasteiger partial charge in [-0.1, -0.05) is 23.7 Å². The smallest absolute Gasteiger partial charge is 0.410 e. The Hall–Kier alpha value is -1.30. The zero-order valence-electron chi connectivity index (χ0n) is 13.9. The summed E-state index contributed by atoms with van der Waals surface area (Å²) in [6.45, 7) is 6.99. The average molecular weight is 341 g/mol. The number of hydrogen-bond donors (Lipinski definition) is 1. The Labute approximate surface area is 142 Å². The molecule has 2 rings (SSSR count). The van der Waals surface area contributed by atoms with Crippen molar-refractivity contribution < 1.29 is 14.3 Å². The summed E-state index contributed by atoms with van der Waals surface area (Å²) in [6.07, 6.45) is 0.308. The third-order valence-corrected chi connectivity index (χ3v) is 3.92. The normalized spacial score (nSPS) is 20.2. The minimum absolute atomic E-state index is 0.200. The number of morpholine rings is 1. The van der Waals surface area contributed by atoms with Gasteiger partial charge in [-0.3, -0.25) is 4.90 Å². The molecule has 2 atom stereocenters. The first-order chi connectivity index (χ1) is 10.8. The molecule has 2 N–H and O–H groups in total.